The largest absolute Gasteiger partial charge is 0.395 e. The molecular weight excluding hydrogens is 176 g/mol. The molecule has 2 N–H and O–H groups in total. The molecule has 82 valence electrons. The van der Waals surface area contributed by atoms with E-state index in [0.29, 0.717) is 5.54 Å². The normalized spacial score (nSPS) is 34.1. The van der Waals surface area contributed by atoms with Crippen molar-refractivity contribution in [1.29, 1.82) is 0 Å². The molecular formula is C11H22N2O. The van der Waals surface area contributed by atoms with Crippen molar-refractivity contribution in [2.24, 2.45) is 0 Å². The van der Waals surface area contributed by atoms with Crippen LogP contribution in [0, 0.1) is 0 Å². The Morgan fingerprint density at radius 2 is 2.14 bits per heavy atom. The van der Waals surface area contributed by atoms with Crippen molar-refractivity contribution in [2.45, 2.75) is 50.7 Å². The van der Waals surface area contributed by atoms with E-state index in [1.165, 1.54) is 19.3 Å². The van der Waals surface area contributed by atoms with Crippen molar-refractivity contribution in [3.8, 4) is 0 Å². The zero-order valence-corrected chi connectivity index (χ0v) is 9.29. The first-order chi connectivity index (χ1) is 6.63. The van der Waals surface area contributed by atoms with Crippen LogP contribution in [-0.4, -0.2) is 47.3 Å². The van der Waals surface area contributed by atoms with Gasteiger partial charge in [-0.3, -0.25) is 4.90 Å². The van der Waals surface area contributed by atoms with Crippen LogP contribution in [0.4, 0.5) is 0 Å². The first-order valence-electron chi connectivity index (χ1n) is 5.74. The highest BCUT2D eigenvalue weighted by molar-refractivity contribution is 4.97. The summed E-state index contributed by atoms with van der Waals surface area (Å²) in [6, 6.07) is 1.07. The Morgan fingerprint density at radius 3 is 2.71 bits per heavy atom. The van der Waals surface area contributed by atoms with Gasteiger partial charge in [0.2, 0.25) is 0 Å². The highest BCUT2D eigenvalue weighted by Crippen LogP contribution is 2.35. The number of rotatable bonds is 2. The quantitative estimate of drug-likeness (QED) is 0.681. The SMILES string of the molecule is CC1(C)CCNC(CO)CN1C1CC1. The highest BCUT2D eigenvalue weighted by Gasteiger charge is 2.40. The minimum Gasteiger partial charge on any atom is -0.395 e. The fourth-order valence-corrected chi connectivity index (χ4v) is 2.43. The molecule has 0 amide bonds. The van der Waals surface area contributed by atoms with Gasteiger partial charge in [0.1, 0.15) is 0 Å². The molecule has 1 unspecified atom stereocenters. The molecule has 2 aliphatic rings. The van der Waals surface area contributed by atoms with Crippen LogP contribution >= 0.6 is 0 Å². The van der Waals surface area contributed by atoms with Crippen molar-refractivity contribution in [3.05, 3.63) is 0 Å². The van der Waals surface area contributed by atoms with Crippen molar-refractivity contribution in [1.82, 2.24) is 10.2 Å². The Morgan fingerprint density at radius 1 is 1.43 bits per heavy atom. The van der Waals surface area contributed by atoms with Gasteiger partial charge < -0.3 is 10.4 Å². The summed E-state index contributed by atoms with van der Waals surface area (Å²) in [5, 5.41) is 12.6. The van der Waals surface area contributed by atoms with Gasteiger partial charge in [-0.25, -0.2) is 0 Å². The Bertz CT molecular complexity index is 201. The molecule has 1 aliphatic heterocycles. The van der Waals surface area contributed by atoms with Crippen molar-refractivity contribution in [3.63, 3.8) is 0 Å². The van der Waals surface area contributed by atoms with Gasteiger partial charge >= 0.3 is 0 Å². The molecule has 3 heteroatoms. The summed E-state index contributed by atoms with van der Waals surface area (Å²) in [5.74, 6) is 0. The van der Waals surface area contributed by atoms with Gasteiger partial charge in [-0.2, -0.15) is 0 Å². The van der Waals surface area contributed by atoms with Gasteiger partial charge in [-0.1, -0.05) is 0 Å². The Balaban J connectivity index is 2.05. The smallest absolute Gasteiger partial charge is 0.0597 e. The molecule has 1 saturated carbocycles. The summed E-state index contributed by atoms with van der Waals surface area (Å²) >= 11 is 0. The molecule has 0 aromatic heterocycles. The first kappa shape index (κ1) is 10.4. The lowest BCUT2D eigenvalue weighted by Crippen LogP contribution is -2.48. The third-order valence-electron chi connectivity index (χ3n) is 3.57. The molecule has 1 atom stereocenters. The Kier molecular flexibility index (Phi) is 2.82. The molecule has 0 aromatic rings. The minimum absolute atomic E-state index is 0.263. The van der Waals surface area contributed by atoms with E-state index in [2.05, 4.69) is 24.1 Å². The maximum atomic E-state index is 9.22. The topological polar surface area (TPSA) is 35.5 Å². The van der Waals surface area contributed by atoms with Gasteiger partial charge in [0.05, 0.1) is 6.61 Å². The molecule has 0 spiro atoms. The van der Waals surface area contributed by atoms with E-state index in [1.807, 2.05) is 0 Å². The van der Waals surface area contributed by atoms with Gasteiger partial charge in [0.25, 0.3) is 0 Å². The second-order valence-corrected chi connectivity index (χ2v) is 5.28. The Labute approximate surface area is 86.5 Å². The summed E-state index contributed by atoms with van der Waals surface area (Å²) in [5.41, 5.74) is 0.304. The van der Waals surface area contributed by atoms with E-state index in [0.717, 1.165) is 19.1 Å². The van der Waals surface area contributed by atoms with Crippen LogP contribution in [-0.2, 0) is 0 Å². The van der Waals surface area contributed by atoms with E-state index in [9.17, 15) is 5.11 Å². The average Bonchev–Trinajstić information content (AvgIpc) is 2.91. The van der Waals surface area contributed by atoms with E-state index >= 15 is 0 Å². The predicted octanol–water partition coefficient (Wildman–Crippen LogP) is 0.584. The molecule has 1 saturated heterocycles. The van der Waals surface area contributed by atoms with E-state index in [1.54, 1.807) is 0 Å². The molecule has 1 aliphatic carbocycles. The molecule has 14 heavy (non-hydrogen) atoms. The zero-order valence-electron chi connectivity index (χ0n) is 9.29. The predicted molar refractivity (Wildman–Crippen MR) is 57.3 cm³/mol. The molecule has 2 rings (SSSR count). The second-order valence-electron chi connectivity index (χ2n) is 5.28. The van der Waals surface area contributed by atoms with Crippen LogP contribution in [0.3, 0.4) is 0 Å². The maximum absolute atomic E-state index is 9.22. The monoisotopic (exact) mass is 198 g/mol. The number of aliphatic hydroxyl groups is 1. The number of nitrogens with zero attached hydrogens (tertiary/aromatic N) is 1. The summed E-state index contributed by atoms with van der Waals surface area (Å²) < 4.78 is 0. The molecule has 1 heterocycles. The lowest BCUT2D eigenvalue weighted by atomic mass is 9.98. The van der Waals surface area contributed by atoms with Crippen LogP contribution in [0.5, 0.6) is 0 Å². The van der Waals surface area contributed by atoms with E-state index in [-0.39, 0.29) is 12.6 Å². The second kappa shape index (κ2) is 3.80. The number of aliphatic hydroxyl groups excluding tert-OH is 1. The third-order valence-corrected chi connectivity index (χ3v) is 3.57. The van der Waals surface area contributed by atoms with Gasteiger partial charge in [-0.05, 0) is 39.7 Å². The van der Waals surface area contributed by atoms with Crippen molar-refractivity contribution < 1.29 is 5.11 Å². The summed E-state index contributed by atoms with van der Waals surface area (Å²) in [4.78, 5) is 2.59. The van der Waals surface area contributed by atoms with Crippen LogP contribution in [0.25, 0.3) is 0 Å². The van der Waals surface area contributed by atoms with E-state index < -0.39 is 0 Å². The fourth-order valence-electron chi connectivity index (χ4n) is 2.43. The molecule has 0 aromatic carbocycles. The molecule has 3 nitrogen and oxygen atoms in total. The third kappa shape index (κ3) is 2.10. The Hall–Kier alpha value is -0.120. The number of hydrogen-bond acceptors (Lipinski definition) is 3. The minimum atomic E-state index is 0.263. The van der Waals surface area contributed by atoms with Crippen LogP contribution in [0.15, 0.2) is 0 Å². The molecule has 0 bridgehead atoms. The van der Waals surface area contributed by atoms with Crippen molar-refractivity contribution >= 4 is 0 Å². The summed E-state index contributed by atoms with van der Waals surface area (Å²) in [6.45, 7) is 6.95. The van der Waals surface area contributed by atoms with Crippen LogP contribution in [0.1, 0.15) is 33.1 Å². The van der Waals surface area contributed by atoms with Crippen molar-refractivity contribution in [2.75, 3.05) is 19.7 Å². The number of nitrogens with one attached hydrogen (secondary N) is 1. The highest BCUT2D eigenvalue weighted by atomic mass is 16.3. The summed E-state index contributed by atoms with van der Waals surface area (Å²) in [6.07, 6.45) is 3.88. The first-order valence-corrected chi connectivity index (χ1v) is 5.74. The number of hydrogen-bond donors (Lipinski definition) is 2. The van der Waals surface area contributed by atoms with Gasteiger partial charge in [0.15, 0.2) is 0 Å². The zero-order chi connectivity index (χ0) is 10.2. The van der Waals surface area contributed by atoms with E-state index in [4.69, 9.17) is 0 Å². The van der Waals surface area contributed by atoms with Gasteiger partial charge in [-0.15, -0.1) is 0 Å². The fraction of sp³-hybridized carbons (Fsp3) is 1.00. The van der Waals surface area contributed by atoms with Crippen LogP contribution < -0.4 is 5.32 Å². The van der Waals surface area contributed by atoms with Gasteiger partial charge in [0, 0.05) is 24.2 Å². The summed E-state index contributed by atoms with van der Waals surface area (Å²) in [7, 11) is 0. The lowest BCUT2D eigenvalue weighted by molar-refractivity contribution is 0.0997. The standard InChI is InChI=1S/C11H22N2O/c1-11(2)5-6-12-9(8-14)7-13(11)10-3-4-10/h9-10,12,14H,3-8H2,1-2H3. The molecule has 0 radical (unpaired) electrons. The maximum Gasteiger partial charge on any atom is 0.0597 e. The lowest BCUT2D eigenvalue weighted by Gasteiger charge is -2.38. The average molecular weight is 198 g/mol. The molecule has 2 fully saturated rings. The van der Waals surface area contributed by atoms with Crippen LogP contribution in [0.2, 0.25) is 0 Å².